The molecule has 4 atom stereocenters. The Balaban J connectivity index is 1.75. The summed E-state index contributed by atoms with van der Waals surface area (Å²) in [6.07, 6.45) is 5.21. The van der Waals surface area contributed by atoms with E-state index in [1.54, 1.807) is 12.1 Å². The average molecular weight is 342 g/mol. The average Bonchev–Trinajstić information content (AvgIpc) is 3.20. The first kappa shape index (κ1) is 15.6. The van der Waals surface area contributed by atoms with Crippen molar-refractivity contribution in [2.75, 3.05) is 4.90 Å². The quantitative estimate of drug-likeness (QED) is 0.594. The van der Waals surface area contributed by atoms with Crippen molar-refractivity contribution >= 4 is 29.1 Å². The van der Waals surface area contributed by atoms with Gasteiger partial charge >= 0.3 is 0 Å². The third-order valence-corrected chi connectivity index (χ3v) is 6.26. The fourth-order valence-corrected chi connectivity index (χ4v) is 4.69. The molecule has 0 N–H and O–H groups in total. The maximum atomic E-state index is 13.0. The fraction of sp³-hybridized carbons (Fsp3) is 0.400. The molecule has 4 rings (SSSR count). The molecule has 1 aromatic rings. The van der Waals surface area contributed by atoms with E-state index in [2.05, 4.69) is 26.0 Å². The number of rotatable bonds is 2. The minimum absolute atomic E-state index is 0.0804. The molecule has 4 heteroatoms. The molecule has 1 aliphatic heterocycles. The number of hydrogen-bond donors (Lipinski definition) is 0. The van der Waals surface area contributed by atoms with Crippen molar-refractivity contribution in [2.24, 2.45) is 23.7 Å². The topological polar surface area (TPSA) is 37.4 Å². The third-order valence-electron chi connectivity index (χ3n) is 5.85. The molecule has 24 heavy (non-hydrogen) atoms. The first-order chi connectivity index (χ1) is 11.5. The molecule has 1 heterocycles. The van der Waals surface area contributed by atoms with Crippen molar-refractivity contribution < 1.29 is 9.59 Å². The molecule has 1 saturated heterocycles. The number of aryl methyl sites for hydroxylation is 1. The highest BCUT2D eigenvalue weighted by Crippen LogP contribution is 2.57. The van der Waals surface area contributed by atoms with E-state index >= 15 is 0 Å². The van der Waals surface area contributed by atoms with Gasteiger partial charge < -0.3 is 0 Å². The third kappa shape index (κ3) is 1.91. The Labute approximate surface area is 147 Å². The van der Waals surface area contributed by atoms with E-state index < -0.39 is 0 Å². The van der Waals surface area contributed by atoms with Gasteiger partial charge in [0, 0.05) is 16.9 Å². The van der Waals surface area contributed by atoms with E-state index in [0.29, 0.717) is 10.7 Å². The summed E-state index contributed by atoms with van der Waals surface area (Å²) in [5.74, 6) is -0.482. The summed E-state index contributed by atoms with van der Waals surface area (Å²) in [6, 6.07) is 5.38. The number of carbonyl (C=O) groups is 2. The fourth-order valence-electron chi connectivity index (χ4n) is 4.51. The van der Waals surface area contributed by atoms with Crippen LogP contribution in [0, 0.1) is 30.6 Å². The van der Waals surface area contributed by atoms with Crippen LogP contribution < -0.4 is 4.90 Å². The van der Waals surface area contributed by atoms with Gasteiger partial charge in [-0.2, -0.15) is 0 Å². The van der Waals surface area contributed by atoms with Gasteiger partial charge in [0.15, 0.2) is 0 Å². The van der Waals surface area contributed by atoms with Gasteiger partial charge in [0.1, 0.15) is 0 Å². The summed E-state index contributed by atoms with van der Waals surface area (Å²) >= 11 is 6.19. The maximum Gasteiger partial charge on any atom is 0.238 e. The molecule has 3 nitrogen and oxygen atoms in total. The molecule has 0 radical (unpaired) electrons. The number of anilines is 1. The monoisotopic (exact) mass is 341 g/mol. The first-order valence-electron chi connectivity index (χ1n) is 8.47. The smallest absolute Gasteiger partial charge is 0.238 e. The predicted octanol–water partition coefficient (Wildman–Crippen LogP) is 4.30. The largest absolute Gasteiger partial charge is 0.274 e. The van der Waals surface area contributed by atoms with Gasteiger partial charge in [-0.3, -0.25) is 9.59 Å². The number of nitrogens with zero attached hydrogens (tertiary/aromatic N) is 1. The van der Waals surface area contributed by atoms with Gasteiger partial charge in [0.2, 0.25) is 11.8 Å². The molecule has 0 spiro atoms. The van der Waals surface area contributed by atoms with Crippen LogP contribution in [0.5, 0.6) is 0 Å². The highest BCUT2D eigenvalue weighted by molar-refractivity contribution is 6.32. The van der Waals surface area contributed by atoms with Gasteiger partial charge in [-0.05, 0) is 38.0 Å². The van der Waals surface area contributed by atoms with Gasteiger partial charge in [0.05, 0.1) is 17.5 Å². The normalized spacial score (nSPS) is 30.5. The molecule has 3 aliphatic rings. The number of hydrogen-bond acceptors (Lipinski definition) is 2. The number of imide groups is 1. The lowest BCUT2D eigenvalue weighted by molar-refractivity contribution is -0.122. The Kier molecular flexibility index (Phi) is 3.47. The molecular weight excluding hydrogens is 322 g/mol. The molecular formula is C20H20ClNO2. The zero-order chi connectivity index (χ0) is 17.2. The Morgan fingerprint density at radius 2 is 1.71 bits per heavy atom. The van der Waals surface area contributed by atoms with E-state index in [1.165, 1.54) is 16.0 Å². The molecule has 0 unspecified atom stereocenters. The van der Waals surface area contributed by atoms with Crippen molar-refractivity contribution in [3.8, 4) is 0 Å². The minimum Gasteiger partial charge on any atom is -0.274 e. The number of fused-ring (bicyclic) bond motifs is 5. The zero-order valence-corrected chi connectivity index (χ0v) is 14.8. The van der Waals surface area contributed by atoms with E-state index in [0.717, 1.165) is 12.0 Å². The van der Waals surface area contributed by atoms with Crippen LogP contribution >= 0.6 is 11.6 Å². The van der Waals surface area contributed by atoms with Crippen LogP contribution in [-0.2, 0) is 9.59 Å². The second-order valence-electron chi connectivity index (χ2n) is 7.02. The molecule has 2 aliphatic carbocycles. The summed E-state index contributed by atoms with van der Waals surface area (Å²) in [5.41, 5.74) is 4.14. The van der Waals surface area contributed by atoms with Gasteiger partial charge in [-0.1, -0.05) is 47.9 Å². The SMILES string of the molecule is CCC(C)=C1[C@H]2C=C[C@H]1[C@H]1C(=O)N(c3ccc(C)c(Cl)c3)C(=O)[C@@H]12. The van der Waals surface area contributed by atoms with E-state index in [9.17, 15) is 9.59 Å². The lowest BCUT2D eigenvalue weighted by Crippen LogP contribution is -2.33. The van der Waals surface area contributed by atoms with E-state index in [-0.39, 0.29) is 35.5 Å². The Bertz CT molecular complexity index is 789. The van der Waals surface area contributed by atoms with Crippen molar-refractivity contribution in [3.63, 3.8) is 0 Å². The van der Waals surface area contributed by atoms with Crippen molar-refractivity contribution in [3.05, 3.63) is 52.1 Å². The highest BCUT2D eigenvalue weighted by Gasteiger charge is 2.62. The first-order valence-corrected chi connectivity index (χ1v) is 8.85. The van der Waals surface area contributed by atoms with E-state index in [1.807, 2.05) is 13.0 Å². The second-order valence-corrected chi connectivity index (χ2v) is 7.43. The van der Waals surface area contributed by atoms with Gasteiger partial charge in [0.25, 0.3) is 0 Å². The molecule has 0 aromatic heterocycles. The standard InChI is InChI=1S/C20H20ClNO2/c1-4-10(2)16-13-7-8-14(16)18-17(13)19(23)22(20(18)24)12-6-5-11(3)15(21)9-12/h5-9,13-14,17-18H,4H2,1-3H3/t13-,14-,17-,18-/m1/s1. The lowest BCUT2D eigenvalue weighted by Gasteiger charge is -2.20. The predicted molar refractivity (Wildman–Crippen MR) is 94.8 cm³/mol. The Morgan fingerprint density at radius 3 is 2.21 bits per heavy atom. The van der Waals surface area contributed by atoms with Crippen LogP contribution in [0.4, 0.5) is 5.69 Å². The lowest BCUT2D eigenvalue weighted by atomic mass is 9.85. The number of carbonyl (C=O) groups excluding carboxylic acids is 2. The molecule has 2 fully saturated rings. The van der Waals surface area contributed by atoms with Crippen LogP contribution in [-0.4, -0.2) is 11.8 Å². The Morgan fingerprint density at radius 1 is 1.12 bits per heavy atom. The molecule has 2 bridgehead atoms. The van der Waals surface area contributed by atoms with Crippen LogP contribution in [0.15, 0.2) is 41.5 Å². The van der Waals surface area contributed by atoms with Gasteiger partial charge in [-0.25, -0.2) is 4.90 Å². The van der Waals surface area contributed by atoms with E-state index in [4.69, 9.17) is 11.6 Å². The molecule has 1 saturated carbocycles. The maximum absolute atomic E-state index is 13.0. The zero-order valence-electron chi connectivity index (χ0n) is 14.0. The van der Waals surface area contributed by atoms with Crippen molar-refractivity contribution in [1.29, 1.82) is 0 Å². The van der Waals surface area contributed by atoms with Crippen molar-refractivity contribution in [1.82, 2.24) is 0 Å². The van der Waals surface area contributed by atoms with Crippen LogP contribution in [0.1, 0.15) is 25.8 Å². The van der Waals surface area contributed by atoms with Crippen LogP contribution in [0.3, 0.4) is 0 Å². The van der Waals surface area contributed by atoms with Crippen molar-refractivity contribution in [2.45, 2.75) is 27.2 Å². The minimum atomic E-state index is -0.246. The highest BCUT2D eigenvalue weighted by atomic mass is 35.5. The summed E-state index contributed by atoms with van der Waals surface area (Å²) in [7, 11) is 0. The summed E-state index contributed by atoms with van der Waals surface area (Å²) in [5, 5.41) is 0.577. The van der Waals surface area contributed by atoms with Crippen LogP contribution in [0.2, 0.25) is 5.02 Å². The van der Waals surface area contributed by atoms with Crippen LogP contribution in [0.25, 0.3) is 0 Å². The second kappa shape index (κ2) is 5.32. The molecule has 1 aromatic carbocycles. The summed E-state index contributed by atoms with van der Waals surface area (Å²) in [4.78, 5) is 27.4. The molecule has 124 valence electrons. The summed E-state index contributed by atoms with van der Waals surface area (Å²) < 4.78 is 0. The number of halogens is 1. The van der Waals surface area contributed by atoms with Gasteiger partial charge in [-0.15, -0.1) is 0 Å². The summed E-state index contributed by atoms with van der Waals surface area (Å²) in [6.45, 7) is 6.15. The Hall–Kier alpha value is -1.87. The number of allylic oxidation sites excluding steroid dienone is 4. The molecule has 2 amide bonds. The number of benzene rings is 1. The number of amides is 2.